The number of hydrogen-bond acceptors (Lipinski definition) is 5. The zero-order chi connectivity index (χ0) is 18.9. The van der Waals surface area contributed by atoms with Crippen LogP contribution >= 0.6 is 23.2 Å². The first kappa shape index (κ1) is 19.7. The summed E-state index contributed by atoms with van der Waals surface area (Å²) in [4.78, 5) is 40.5. The third-order valence-corrected chi connectivity index (χ3v) is 3.75. The van der Waals surface area contributed by atoms with Crippen LogP contribution in [0.2, 0.25) is 0 Å². The second kappa shape index (κ2) is 9.79. The van der Waals surface area contributed by atoms with E-state index in [0.29, 0.717) is 24.8 Å². The van der Waals surface area contributed by atoms with Crippen molar-refractivity contribution < 1.29 is 4.79 Å². The van der Waals surface area contributed by atoms with Gasteiger partial charge in [-0.3, -0.25) is 14.6 Å². The van der Waals surface area contributed by atoms with E-state index in [0.717, 1.165) is 17.4 Å². The SMILES string of the molecule is O=C(NN=Cc1ccc(N(CCCl)CCCl)cc1)c1c[nH]c(=O)[nH]c1=O. The van der Waals surface area contributed by atoms with Crippen molar-refractivity contribution in [2.75, 3.05) is 29.7 Å². The summed E-state index contributed by atoms with van der Waals surface area (Å²) in [6.07, 6.45) is 2.47. The molecule has 0 aliphatic heterocycles. The second-order valence-corrected chi connectivity index (χ2v) is 5.90. The van der Waals surface area contributed by atoms with Crippen LogP contribution in [0.1, 0.15) is 15.9 Å². The van der Waals surface area contributed by atoms with Crippen molar-refractivity contribution in [1.29, 1.82) is 0 Å². The molecule has 0 aliphatic carbocycles. The first-order valence-corrected chi connectivity index (χ1v) is 8.74. The average molecular weight is 398 g/mol. The summed E-state index contributed by atoms with van der Waals surface area (Å²) in [5, 5.41) is 3.80. The van der Waals surface area contributed by atoms with Gasteiger partial charge in [0, 0.05) is 36.7 Å². The Balaban J connectivity index is 2.00. The van der Waals surface area contributed by atoms with Gasteiger partial charge in [-0.1, -0.05) is 12.1 Å². The van der Waals surface area contributed by atoms with E-state index in [1.807, 2.05) is 29.2 Å². The molecule has 1 aromatic heterocycles. The van der Waals surface area contributed by atoms with Gasteiger partial charge >= 0.3 is 5.69 Å². The van der Waals surface area contributed by atoms with Crippen molar-refractivity contribution in [2.45, 2.75) is 0 Å². The molecule has 0 spiro atoms. The van der Waals surface area contributed by atoms with Crippen LogP contribution < -0.4 is 21.6 Å². The van der Waals surface area contributed by atoms with Gasteiger partial charge in [-0.25, -0.2) is 10.2 Å². The Morgan fingerprint density at radius 3 is 2.38 bits per heavy atom. The van der Waals surface area contributed by atoms with Gasteiger partial charge < -0.3 is 9.88 Å². The number of rotatable bonds is 8. The summed E-state index contributed by atoms with van der Waals surface area (Å²) >= 11 is 11.6. The number of benzene rings is 1. The molecule has 8 nitrogen and oxygen atoms in total. The van der Waals surface area contributed by atoms with Gasteiger partial charge in [0.2, 0.25) is 0 Å². The Bertz CT molecular complexity index is 870. The maximum Gasteiger partial charge on any atom is 0.325 e. The average Bonchev–Trinajstić information content (AvgIpc) is 2.62. The lowest BCUT2D eigenvalue weighted by Crippen LogP contribution is -2.31. The van der Waals surface area contributed by atoms with Crippen molar-refractivity contribution in [3.63, 3.8) is 0 Å². The lowest BCUT2D eigenvalue weighted by molar-refractivity contribution is 0.0953. The number of aromatic nitrogens is 2. The van der Waals surface area contributed by atoms with E-state index in [1.165, 1.54) is 6.21 Å². The number of H-pyrrole nitrogens is 2. The molecule has 0 saturated heterocycles. The van der Waals surface area contributed by atoms with Gasteiger partial charge in [0.05, 0.1) is 6.21 Å². The Hall–Kier alpha value is -2.58. The lowest BCUT2D eigenvalue weighted by Gasteiger charge is -2.22. The molecule has 1 aromatic carbocycles. The van der Waals surface area contributed by atoms with Crippen LogP contribution in [0.3, 0.4) is 0 Å². The lowest BCUT2D eigenvalue weighted by atomic mass is 10.2. The molecule has 0 fully saturated rings. The second-order valence-electron chi connectivity index (χ2n) is 5.14. The van der Waals surface area contributed by atoms with Crippen LogP contribution in [-0.4, -0.2) is 46.9 Å². The molecule has 0 aliphatic rings. The molecule has 138 valence electrons. The van der Waals surface area contributed by atoms with E-state index in [2.05, 4.69) is 20.4 Å². The number of nitrogens with zero attached hydrogens (tertiary/aromatic N) is 2. The highest BCUT2D eigenvalue weighted by atomic mass is 35.5. The minimum atomic E-state index is -0.788. The molecule has 0 atom stereocenters. The number of carbonyl (C=O) groups is 1. The van der Waals surface area contributed by atoms with Gasteiger partial charge in [-0.2, -0.15) is 5.10 Å². The van der Waals surface area contributed by atoms with E-state index in [1.54, 1.807) is 0 Å². The van der Waals surface area contributed by atoms with Crippen LogP contribution in [0.25, 0.3) is 0 Å². The number of carbonyl (C=O) groups excluding carboxylic acids is 1. The molecule has 2 aromatic rings. The first-order valence-electron chi connectivity index (χ1n) is 7.67. The van der Waals surface area contributed by atoms with Crippen molar-refractivity contribution in [2.24, 2.45) is 5.10 Å². The molecule has 26 heavy (non-hydrogen) atoms. The Kier molecular flexibility index (Phi) is 7.43. The maximum atomic E-state index is 11.9. The Morgan fingerprint density at radius 2 is 1.81 bits per heavy atom. The smallest absolute Gasteiger partial charge is 0.325 e. The molecule has 1 heterocycles. The zero-order valence-corrected chi connectivity index (χ0v) is 15.2. The van der Waals surface area contributed by atoms with Crippen molar-refractivity contribution in [3.05, 3.63) is 62.4 Å². The van der Waals surface area contributed by atoms with Crippen LogP contribution in [0.4, 0.5) is 5.69 Å². The predicted molar refractivity (Wildman–Crippen MR) is 103 cm³/mol. The van der Waals surface area contributed by atoms with Gasteiger partial charge in [0.15, 0.2) is 0 Å². The van der Waals surface area contributed by atoms with Crippen LogP contribution in [-0.2, 0) is 0 Å². The van der Waals surface area contributed by atoms with Crippen LogP contribution in [0.5, 0.6) is 0 Å². The fourth-order valence-electron chi connectivity index (χ4n) is 2.15. The van der Waals surface area contributed by atoms with Crippen LogP contribution in [0.15, 0.2) is 45.2 Å². The van der Waals surface area contributed by atoms with Crippen molar-refractivity contribution in [1.82, 2.24) is 15.4 Å². The quantitative estimate of drug-likeness (QED) is 0.352. The zero-order valence-electron chi connectivity index (χ0n) is 13.7. The van der Waals surface area contributed by atoms with Gasteiger partial charge in [0.1, 0.15) is 5.56 Å². The summed E-state index contributed by atoms with van der Waals surface area (Å²) in [5.41, 5.74) is 2.24. The van der Waals surface area contributed by atoms with Crippen molar-refractivity contribution >= 4 is 41.0 Å². The summed E-state index contributed by atoms with van der Waals surface area (Å²) < 4.78 is 0. The molecule has 1 amide bonds. The highest BCUT2D eigenvalue weighted by Gasteiger charge is 2.09. The largest absolute Gasteiger partial charge is 0.369 e. The van der Waals surface area contributed by atoms with E-state index in [-0.39, 0.29) is 5.56 Å². The van der Waals surface area contributed by atoms with Gasteiger partial charge in [0.25, 0.3) is 11.5 Å². The number of nitrogens with one attached hydrogen (secondary N) is 3. The summed E-state index contributed by atoms with van der Waals surface area (Å²) in [5.74, 6) is 0.261. The van der Waals surface area contributed by atoms with Gasteiger partial charge in [-0.05, 0) is 17.7 Å². The minimum Gasteiger partial charge on any atom is -0.369 e. The molecule has 2 rings (SSSR count). The normalized spacial score (nSPS) is 10.8. The molecular formula is C16H17Cl2N5O3. The summed E-state index contributed by atoms with van der Waals surface area (Å²) in [7, 11) is 0. The molecule has 0 saturated carbocycles. The molecular weight excluding hydrogens is 381 g/mol. The number of anilines is 1. The highest BCUT2D eigenvalue weighted by Crippen LogP contribution is 2.14. The fraction of sp³-hybridized carbons (Fsp3) is 0.250. The predicted octanol–water partition coefficient (Wildman–Crippen LogP) is 1.11. The highest BCUT2D eigenvalue weighted by molar-refractivity contribution is 6.18. The number of halogens is 2. The summed E-state index contributed by atoms with van der Waals surface area (Å²) in [6, 6.07) is 7.45. The van der Waals surface area contributed by atoms with Crippen LogP contribution in [0, 0.1) is 0 Å². The third-order valence-electron chi connectivity index (χ3n) is 3.41. The van der Waals surface area contributed by atoms with E-state index in [4.69, 9.17) is 23.2 Å². The fourth-order valence-corrected chi connectivity index (χ4v) is 2.56. The van der Waals surface area contributed by atoms with E-state index >= 15 is 0 Å². The number of aromatic amines is 2. The Labute approximate surface area is 158 Å². The monoisotopic (exact) mass is 397 g/mol. The Morgan fingerprint density at radius 1 is 1.15 bits per heavy atom. The molecule has 10 heteroatoms. The standard InChI is InChI=1S/C16H17Cl2N5O3/c17-5-7-23(8-6-18)12-3-1-11(2-4-12)9-20-22-15(25)13-10-19-16(26)21-14(13)24/h1-4,9-10H,5-8H2,(H,22,25)(H2,19,21,24,26). The third kappa shape index (κ3) is 5.47. The molecule has 3 N–H and O–H groups in total. The summed E-state index contributed by atoms with van der Waals surface area (Å²) in [6.45, 7) is 1.37. The van der Waals surface area contributed by atoms with Crippen molar-refractivity contribution in [3.8, 4) is 0 Å². The van der Waals surface area contributed by atoms with E-state index in [9.17, 15) is 14.4 Å². The molecule has 0 bridgehead atoms. The first-order chi connectivity index (χ1) is 12.5. The maximum absolute atomic E-state index is 11.9. The molecule has 0 unspecified atom stereocenters. The minimum absolute atomic E-state index is 0.241. The number of amides is 1. The number of alkyl halides is 2. The topological polar surface area (TPSA) is 110 Å². The van der Waals surface area contributed by atoms with E-state index < -0.39 is 17.2 Å². The number of hydrogen-bond donors (Lipinski definition) is 3. The van der Waals surface area contributed by atoms with Gasteiger partial charge in [-0.15, -0.1) is 23.2 Å². The number of hydrazone groups is 1. The molecule has 0 radical (unpaired) electrons.